The molecule has 8 nitrogen and oxygen atoms in total. The number of aromatic nitrogens is 2. The number of hydrogen-bond donors (Lipinski definition) is 0. The van der Waals surface area contributed by atoms with Crippen LogP contribution in [0.2, 0.25) is 0 Å². The number of ether oxygens (including phenoxy) is 1. The van der Waals surface area contributed by atoms with Crippen LogP contribution in [0.3, 0.4) is 0 Å². The lowest BCUT2D eigenvalue weighted by atomic mass is 9.91. The van der Waals surface area contributed by atoms with E-state index < -0.39 is 0 Å². The highest BCUT2D eigenvalue weighted by atomic mass is 16.6. The van der Waals surface area contributed by atoms with Crippen molar-refractivity contribution in [1.82, 2.24) is 24.7 Å². The first-order valence-electron chi connectivity index (χ1n) is 10.9. The maximum absolute atomic E-state index is 12.5. The largest absolute Gasteiger partial charge is 0.441 e. The molecule has 3 fully saturated rings. The van der Waals surface area contributed by atoms with E-state index in [0.29, 0.717) is 6.04 Å². The number of amides is 1. The quantitative estimate of drug-likeness (QED) is 0.716. The van der Waals surface area contributed by atoms with Crippen LogP contribution >= 0.6 is 0 Å². The minimum absolute atomic E-state index is 0.135. The summed E-state index contributed by atoms with van der Waals surface area (Å²) < 4.78 is 5.89. The molecule has 160 valence electrons. The number of aryl methyl sites for hydroxylation is 1. The van der Waals surface area contributed by atoms with Crippen molar-refractivity contribution in [3.05, 3.63) is 18.1 Å². The van der Waals surface area contributed by atoms with Gasteiger partial charge in [0.1, 0.15) is 17.2 Å². The first-order valence-corrected chi connectivity index (χ1v) is 10.9. The van der Waals surface area contributed by atoms with Crippen molar-refractivity contribution in [2.24, 2.45) is 0 Å². The predicted molar refractivity (Wildman–Crippen MR) is 112 cm³/mol. The number of likely N-dealkylation sites (tertiary alicyclic amines) is 1. The Morgan fingerprint density at radius 1 is 1.24 bits per heavy atom. The minimum atomic E-state index is -0.320. The fraction of sp³-hybridized carbons (Fsp3) is 0.762. The van der Waals surface area contributed by atoms with E-state index in [9.17, 15) is 4.79 Å². The molecule has 1 atom stereocenters. The number of carbonyl (C=O) groups is 1. The van der Waals surface area contributed by atoms with E-state index in [1.165, 1.54) is 6.42 Å². The van der Waals surface area contributed by atoms with Gasteiger partial charge in [-0.2, -0.15) is 0 Å². The van der Waals surface area contributed by atoms with Gasteiger partial charge in [0.25, 0.3) is 0 Å². The van der Waals surface area contributed by atoms with Crippen molar-refractivity contribution in [1.29, 1.82) is 0 Å². The SMILES string of the molecule is Cc1nccc(N2CCC3(CC2)CN(CCCN2CC[C@@H](N(C)C)C2)C(=O)O3)n1. The second-order valence-electron chi connectivity index (χ2n) is 8.98. The maximum Gasteiger partial charge on any atom is 0.410 e. The van der Waals surface area contributed by atoms with Crippen LogP contribution in [-0.4, -0.2) is 102 Å². The standard InChI is InChI=1S/C21H34N6O2/c1-17-22-9-5-19(23-17)26-13-7-21(8-14-26)16-27(20(28)29-21)11-4-10-25-12-6-18(15-25)24(2)3/h5,9,18H,4,6-8,10-16H2,1-3H3/t18-/m1/s1. The number of rotatable bonds is 6. The Morgan fingerprint density at radius 2 is 2.03 bits per heavy atom. The zero-order chi connectivity index (χ0) is 20.4. The molecule has 0 bridgehead atoms. The lowest BCUT2D eigenvalue weighted by Gasteiger charge is -2.38. The molecule has 8 heteroatoms. The first kappa shape index (κ1) is 20.3. The van der Waals surface area contributed by atoms with Gasteiger partial charge in [-0.25, -0.2) is 14.8 Å². The second-order valence-corrected chi connectivity index (χ2v) is 8.98. The van der Waals surface area contributed by atoms with Gasteiger partial charge < -0.3 is 24.3 Å². The molecule has 1 amide bonds. The van der Waals surface area contributed by atoms with Gasteiger partial charge in [0.2, 0.25) is 0 Å². The molecule has 0 aromatic carbocycles. The Balaban J connectivity index is 1.23. The van der Waals surface area contributed by atoms with Crippen molar-refractivity contribution in [2.75, 3.05) is 64.8 Å². The molecule has 0 aliphatic carbocycles. The minimum Gasteiger partial charge on any atom is -0.441 e. The second kappa shape index (κ2) is 8.44. The summed E-state index contributed by atoms with van der Waals surface area (Å²) in [4.78, 5) is 30.2. The van der Waals surface area contributed by atoms with Crippen molar-refractivity contribution < 1.29 is 9.53 Å². The van der Waals surface area contributed by atoms with E-state index in [-0.39, 0.29) is 11.7 Å². The molecule has 1 aromatic heterocycles. The van der Waals surface area contributed by atoms with Gasteiger partial charge >= 0.3 is 6.09 Å². The van der Waals surface area contributed by atoms with Crippen molar-refractivity contribution >= 4 is 11.9 Å². The van der Waals surface area contributed by atoms with Crippen LogP contribution in [-0.2, 0) is 4.74 Å². The van der Waals surface area contributed by atoms with Gasteiger partial charge in [-0.05, 0) is 53.0 Å². The van der Waals surface area contributed by atoms with E-state index in [4.69, 9.17) is 4.74 Å². The van der Waals surface area contributed by atoms with Gasteiger partial charge in [0.05, 0.1) is 6.54 Å². The maximum atomic E-state index is 12.5. The summed E-state index contributed by atoms with van der Waals surface area (Å²) in [6.45, 7) is 8.50. The molecular formula is C21H34N6O2. The molecule has 1 aromatic rings. The molecule has 0 unspecified atom stereocenters. The lowest BCUT2D eigenvalue weighted by molar-refractivity contribution is 0.0366. The zero-order valence-electron chi connectivity index (χ0n) is 18.0. The van der Waals surface area contributed by atoms with E-state index in [0.717, 1.165) is 76.7 Å². The lowest BCUT2D eigenvalue weighted by Crippen LogP contribution is -2.47. The Morgan fingerprint density at radius 3 is 2.72 bits per heavy atom. The Labute approximate surface area is 173 Å². The number of piperidine rings is 1. The van der Waals surface area contributed by atoms with E-state index in [2.05, 4.69) is 38.8 Å². The third-order valence-corrected chi connectivity index (χ3v) is 6.68. The molecule has 0 saturated carbocycles. The van der Waals surface area contributed by atoms with Gasteiger partial charge in [-0.3, -0.25) is 0 Å². The number of anilines is 1. The predicted octanol–water partition coefficient (Wildman–Crippen LogP) is 1.60. The summed E-state index contributed by atoms with van der Waals surface area (Å²) in [5.74, 6) is 1.76. The monoisotopic (exact) mass is 402 g/mol. The molecule has 1 spiro atoms. The Hall–Kier alpha value is -1.93. The zero-order valence-corrected chi connectivity index (χ0v) is 18.0. The van der Waals surface area contributed by atoms with Crippen LogP contribution < -0.4 is 4.90 Å². The Kier molecular flexibility index (Phi) is 5.92. The molecule has 4 heterocycles. The van der Waals surface area contributed by atoms with Gasteiger partial charge in [0, 0.05) is 51.3 Å². The van der Waals surface area contributed by atoms with Crippen LogP contribution in [0, 0.1) is 6.92 Å². The van der Waals surface area contributed by atoms with Gasteiger partial charge in [-0.15, -0.1) is 0 Å². The fourth-order valence-corrected chi connectivity index (χ4v) is 4.81. The third kappa shape index (κ3) is 4.64. The van der Waals surface area contributed by atoms with Crippen LogP contribution in [0.15, 0.2) is 12.3 Å². The molecule has 3 aliphatic heterocycles. The van der Waals surface area contributed by atoms with E-state index in [1.54, 1.807) is 6.20 Å². The molecular weight excluding hydrogens is 368 g/mol. The summed E-state index contributed by atoms with van der Waals surface area (Å²) in [6.07, 6.45) is 5.63. The molecule has 3 aliphatic rings. The Bertz CT molecular complexity index is 719. The summed E-state index contributed by atoms with van der Waals surface area (Å²) in [5, 5.41) is 0. The molecule has 4 rings (SSSR count). The first-order chi connectivity index (χ1) is 13.9. The molecule has 0 N–H and O–H groups in total. The molecule has 3 saturated heterocycles. The third-order valence-electron chi connectivity index (χ3n) is 6.68. The van der Waals surface area contributed by atoms with E-state index in [1.807, 2.05) is 17.9 Å². The van der Waals surface area contributed by atoms with Crippen LogP contribution in [0.1, 0.15) is 31.5 Å². The smallest absolute Gasteiger partial charge is 0.410 e. The number of hydrogen-bond acceptors (Lipinski definition) is 7. The van der Waals surface area contributed by atoms with Crippen LogP contribution in [0.5, 0.6) is 0 Å². The topological polar surface area (TPSA) is 65.0 Å². The van der Waals surface area contributed by atoms with Gasteiger partial charge in [-0.1, -0.05) is 0 Å². The summed E-state index contributed by atoms with van der Waals surface area (Å²) >= 11 is 0. The highest BCUT2D eigenvalue weighted by Crippen LogP contribution is 2.34. The normalized spacial score (nSPS) is 24.7. The number of nitrogens with zero attached hydrogens (tertiary/aromatic N) is 6. The summed E-state index contributed by atoms with van der Waals surface area (Å²) in [7, 11) is 4.32. The van der Waals surface area contributed by atoms with Crippen molar-refractivity contribution in [3.63, 3.8) is 0 Å². The van der Waals surface area contributed by atoms with Crippen LogP contribution in [0.25, 0.3) is 0 Å². The highest BCUT2D eigenvalue weighted by molar-refractivity contribution is 5.70. The molecule has 0 radical (unpaired) electrons. The highest BCUT2D eigenvalue weighted by Gasteiger charge is 2.46. The fourth-order valence-electron chi connectivity index (χ4n) is 4.81. The average molecular weight is 403 g/mol. The van der Waals surface area contributed by atoms with Gasteiger partial charge in [0.15, 0.2) is 0 Å². The van der Waals surface area contributed by atoms with Crippen molar-refractivity contribution in [2.45, 2.75) is 44.2 Å². The van der Waals surface area contributed by atoms with Crippen molar-refractivity contribution in [3.8, 4) is 0 Å². The summed E-state index contributed by atoms with van der Waals surface area (Å²) in [6, 6.07) is 2.62. The van der Waals surface area contributed by atoms with E-state index >= 15 is 0 Å². The average Bonchev–Trinajstić information content (AvgIpc) is 3.28. The van der Waals surface area contributed by atoms with Crippen LogP contribution in [0.4, 0.5) is 10.6 Å². The molecule has 29 heavy (non-hydrogen) atoms. The number of carbonyl (C=O) groups excluding carboxylic acids is 1. The number of likely N-dealkylation sites (N-methyl/N-ethyl adjacent to an activating group) is 1. The summed E-state index contributed by atoms with van der Waals surface area (Å²) in [5.41, 5.74) is -0.320.